The third-order valence-electron chi connectivity index (χ3n) is 3.42. The Morgan fingerprint density at radius 1 is 1.00 bits per heavy atom. The van der Waals surface area contributed by atoms with Gasteiger partial charge in [0.25, 0.3) is 5.91 Å². The van der Waals surface area contributed by atoms with E-state index in [1.165, 1.54) is 5.56 Å². The molecule has 0 heterocycles. The molecule has 2 rings (SSSR count). The van der Waals surface area contributed by atoms with Gasteiger partial charge < -0.3 is 0 Å². The molecule has 2 aromatic carbocycles. The summed E-state index contributed by atoms with van der Waals surface area (Å²) in [6.45, 7) is 6.00. The van der Waals surface area contributed by atoms with Crippen molar-refractivity contribution in [1.82, 2.24) is 5.43 Å². The number of amides is 1. The van der Waals surface area contributed by atoms with Crippen LogP contribution in [-0.2, 0) is 6.42 Å². The summed E-state index contributed by atoms with van der Waals surface area (Å²) in [5, 5.41) is 4.17. The molecule has 2 aromatic rings. The summed E-state index contributed by atoms with van der Waals surface area (Å²) < 4.78 is 0. The molecule has 1 N–H and O–H groups in total. The van der Waals surface area contributed by atoms with Gasteiger partial charge >= 0.3 is 0 Å². The predicted molar refractivity (Wildman–Crippen MR) is 86.7 cm³/mol. The zero-order valence-electron chi connectivity index (χ0n) is 12.7. The van der Waals surface area contributed by atoms with Crippen LogP contribution in [-0.4, -0.2) is 11.6 Å². The highest BCUT2D eigenvalue weighted by atomic mass is 16.2. The lowest BCUT2D eigenvalue weighted by molar-refractivity contribution is 0.0955. The molecule has 0 bridgehead atoms. The summed E-state index contributed by atoms with van der Waals surface area (Å²) in [5.74, 6) is -0.195. The highest BCUT2D eigenvalue weighted by Gasteiger charge is 2.04. The van der Waals surface area contributed by atoms with E-state index < -0.39 is 0 Å². The molecule has 21 heavy (non-hydrogen) atoms. The van der Waals surface area contributed by atoms with Crippen LogP contribution in [0.2, 0.25) is 0 Å². The van der Waals surface area contributed by atoms with Gasteiger partial charge in [-0.15, -0.1) is 0 Å². The summed E-state index contributed by atoms with van der Waals surface area (Å²) in [6.07, 6.45) is 1.01. The molecular formula is C18H20N2O. The van der Waals surface area contributed by atoms with Crippen molar-refractivity contribution in [3.63, 3.8) is 0 Å². The first kappa shape index (κ1) is 15.0. The number of hydrazone groups is 1. The van der Waals surface area contributed by atoms with E-state index in [2.05, 4.69) is 29.6 Å². The molecule has 0 saturated carbocycles. The van der Waals surface area contributed by atoms with Crippen LogP contribution in [0.25, 0.3) is 0 Å². The second kappa shape index (κ2) is 6.84. The fourth-order valence-electron chi connectivity index (χ4n) is 1.95. The summed E-state index contributed by atoms with van der Waals surface area (Å²) in [5.41, 5.74) is 7.42. The minimum absolute atomic E-state index is 0.195. The molecule has 0 aromatic heterocycles. The molecule has 0 saturated heterocycles. The number of hydrogen-bond acceptors (Lipinski definition) is 2. The molecule has 3 nitrogen and oxygen atoms in total. The Bertz CT molecular complexity index is 640. The zero-order valence-corrected chi connectivity index (χ0v) is 12.7. The van der Waals surface area contributed by atoms with Crippen molar-refractivity contribution in [3.05, 3.63) is 70.8 Å². The number of hydrogen-bond donors (Lipinski definition) is 1. The molecule has 0 unspecified atom stereocenters. The monoisotopic (exact) mass is 280 g/mol. The minimum Gasteiger partial charge on any atom is -0.267 e. The zero-order chi connectivity index (χ0) is 15.2. The second-order valence-corrected chi connectivity index (χ2v) is 5.05. The first-order chi connectivity index (χ1) is 10.1. The lowest BCUT2D eigenvalue weighted by atomic mass is 10.1. The fraction of sp³-hybridized carbons (Fsp3) is 0.222. The third-order valence-corrected chi connectivity index (χ3v) is 3.42. The van der Waals surface area contributed by atoms with Crippen molar-refractivity contribution < 1.29 is 4.79 Å². The van der Waals surface area contributed by atoms with E-state index in [0.717, 1.165) is 23.3 Å². The van der Waals surface area contributed by atoms with Crippen molar-refractivity contribution in [2.45, 2.75) is 27.2 Å². The highest BCUT2D eigenvalue weighted by Crippen LogP contribution is 2.07. The second-order valence-electron chi connectivity index (χ2n) is 5.05. The smallest absolute Gasteiger partial charge is 0.267 e. The maximum atomic E-state index is 12.0. The van der Waals surface area contributed by atoms with Gasteiger partial charge in [0, 0.05) is 5.56 Å². The van der Waals surface area contributed by atoms with E-state index in [4.69, 9.17) is 0 Å². The number of nitrogens with one attached hydrogen (secondary N) is 1. The molecule has 0 radical (unpaired) electrons. The average Bonchev–Trinajstić information content (AvgIpc) is 2.53. The molecular weight excluding hydrogens is 260 g/mol. The number of benzene rings is 2. The lowest BCUT2D eigenvalue weighted by Crippen LogP contribution is -2.19. The number of aryl methyl sites for hydroxylation is 2. The van der Waals surface area contributed by atoms with E-state index in [1.54, 1.807) is 12.1 Å². The Morgan fingerprint density at radius 3 is 2.14 bits per heavy atom. The average molecular weight is 280 g/mol. The Balaban J connectivity index is 2.05. The lowest BCUT2D eigenvalue weighted by Gasteiger charge is -2.04. The van der Waals surface area contributed by atoms with E-state index in [1.807, 2.05) is 38.1 Å². The number of rotatable bonds is 4. The minimum atomic E-state index is -0.195. The normalized spacial score (nSPS) is 11.3. The maximum absolute atomic E-state index is 12.0. The number of nitrogens with zero attached hydrogens (tertiary/aromatic N) is 1. The largest absolute Gasteiger partial charge is 0.271 e. The van der Waals surface area contributed by atoms with Crippen molar-refractivity contribution in [2.75, 3.05) is 0 Å². The molecule has 1 amide bonds. The molecule has 0 atom stereocenters. The first-order valence-corrected chi connectivity index (χ1v) is 7.10. The van der Waals surface area contributed by atoms with Gasteiger partial charge in [0.05, 0.1) is 5.71 Å². The Labute approximate surface area is 125 Å². The van der Waals surface area contributed by atoms with Crippen LogP contribution >= 0.6 is 0 Å². The molecule has 108 valence electrons. The quantitative estimate of drug-likeness (QED) is 0.673. The van der Waals surface area contributed by atoms with Gasteiger partial charge in [0.15, 0.2) is 0 Å². The van der Waals surface area contributed by atoms with Gasteiger partial charge in [-0.3, -0.25) is 4.79 Å². The van der Waals surface area contributed by atoms with Crippen molar-refractivity contribution in [2.24, 2.45) is 5.10 Å². The molecule has 0 aliphatic heterocycles. The number of carbonyl (C=O) groups is 1. The summed E-state index contributed by atoms with van der Waals surface area (Å²) in [4.78, 5) is 12.0. The van der Waals surface area contributed by atoms with Crippen LogP contribution in [0.1, 0.15) is 40.9 Å². The molecule has 0 fully saturated rings. The topological polar surface area (TPSA) is 41.5 Å². The van der Waals surface area contributed by atoms with Gasteiger partial charge in [-0.25, -0.2) is 5.43 Å². The Kier molecular flexibility index (Phi) is 4.88. The molecule has 0 spiro atoms. The van der Waals surface area contributed by atoms with E-state index in [-0.39, 0.29) is 5.91 Å². The molecule has 0 aliphatic rings. The van der Waals surface area contributed by atoms with Gasteiger partial charge in [-0.2, -0.15) is 5.10 Å². The van der Waals surface area contributed by atoms with Crippen LogP contribution in [0.5, 0.6) is 0 Å². The van der Waals surface area contributed by atoms with Crippen molar-refractivity contribution in [3.8, 4) is 0 Å². The molecule has 0 aliphatic carbocycles. The third kappa shape index (κ3) is 4.02. The van der Waals surface area contributed by atoms with Crippen LogP contribution in [0.3, 0.4) is 0 Å². The molecule has 3 heteroatoms. The highest BCUT2D eigenvalue weighted by molar-refractivity contribution is 6.00. The van der Waals surface area contributed by atoms with E-state index >= 15 is 0 Å². The summed E-state index contributed by atoms with van der Waals surface area (Å²) >= 11 is 0. The van der Waals surface area contributed by atoms with Gasteiger partial charge in [-0.1, -0.05) is 48.9 Å². The fourth-order valence-corrected chi connectivity index (χ4v) is 1.95. The van der Waals surface area contributed by atoms with Gasteiger partial charge in [0.1, 0.15) is 0 Å². The van der Waals surface area contributed by atoms with Gasteiger partial charge in [-0.05, 0) is 43.5 Å². The first-order valence-electron chi connectivity index (χ1n) is 7.10. The van der Waals surface area contributed by atoms with Crippen LogP contribution in [0.15, 0.2) is 53.6 Å². The summed E-state index contributed by atoms with van der Waals surface area (Å²) in [6, 6.07) is 15.6. The van der Waals surface area contributed by atoms with Crippen molar-refractivity contribution in [1.29, 1.82) is 0 Å². The predicted octanol–water partition coefficient (Wildman–Crippen LogP) is 3.71. The Morgan fingerprint density at radius 2 is 1.57 bits per heavy atom. The SMILES string of the molecule is CCc1ccc(/C(C)=N\NC(=O)c2ccc(C)cc2)cc1. The van der Waals surface area contributed by atoms with Crippen molar-refractivity contribution >= 4 is 11.6 Å². The Hall–Kier alpha value is -2.42. The summed E-state index contributed by atoms with van der Waals surface area (Å²) in [7, 11) is 0. The van der Waals surface area contributed by atoms with Gasteiger partial charge in [0.2, 0.25) is 0 Å². The van der Waals surface area contributed by atoms with Crippen LogP contribution in [0, 0.1) is 6.92 Å². The van der Waals surface area contributed by atoms with E-state index in [9.17, 15) is 4.79 Å². The maximum Gasteiger partial charge on any atom is 0.271 e. The number of carbonyl (C=O) groups excluding carboxylic acids is 1. The van der Waals surface area contributed by atoms with Crippen LogP contribution < -0.4 is 5.43 Å². The van der Waals surface area contributed by atoms with E-state index in [0.29, 0.717) is 5.56 Å². The standard InChI is InChI=1S/C18H20N2O/c1-4-15-7-11-16(12-8-15)14(3)19-20-18(21)17-9-5-13(2)6-10-17/h5-12H,4H2,1-3H3,(H,20,21)/b19-14-. The van der Waals surface area contributed by atoms with Crippen LogP contribution in [0.4, 0.5) is 0 Å².